The average molecular weight is 752 g/mol. The van der Waals surface area contributed by atoms with Crippen LogP contribution in [0.15, 0.2) is 212 Å². The minimum absolute atomic E-state index is 0.132. The SMILES string of the molecule is CC1(C)c2ccccc2-c2ccc(N(c3ccc4c(c3)-c3ccccc3C43c4ccccc4-c4ccccc43)c3ccccc3-c3ccc(-c4ccccc4)cc3)cc21. The third-order valence-corrected chi connectivity index (χ3v) is 13.5. The van der Waals surface area contributed by atoms with Crippen molar-refractivity contribution in [2.75, 3.05) is 4.90 Å². The van der Waals surface area contributed by atoms with Crippen molar-refractivity contribution >= 4 is 17.1 Å². The van der Waals surface area contributed by atoms with Crippen molar-refractivity contribution in [1.82, 2.24) is 0 Å². The van der Waals surface area contributed by atoms with Gasteiger partial charge in [-0.1, -0.05) is 196 Å². The summed E-state index contributed by atoms with van der Waals surface area (Å²) < 4.78 is 0. The van der Waals surface area contributed by atoms with Crippen LogP contribution in [0.4, 0.5) is 17.1 Å². The van der Waals surface area contributed by atoms with Crippen LogP contribution in [-0.4, -0.2) is 0 Å². The zero-order chi connectivity index (χ0) is 39.3. The lowest BCUT2D eigenvalue weighted by Crippen LogP contribution is -2.25. The van der Waals surface area contributed by atoms with E-state index in [9.17, 15) is 0 Å². The Morgan fingerprint density at radius 1 is 0.288 bits per heavy atom. The Bertz CT molecular complexity index is 3090. The average Bonchev–Trinajstić information content (AvgIpc) is 3.85. The summed E-state index contributed by atoms with van der Waals surface area (Å²) in [6.45, 7) is 4.74. The van der Waals surface area contributed by atoms with Crippen molar-refractivity contribution < 1.29 is 0 Å². The van der Waals surface area contributed by atoms with Crippen molar-refractivity contribution in [2.24, 2.45) is 0 Å². The second-order valence-corrected chi connectivity index (χ2v) is 16.8. The minimum Gasteiger partial charge on any atom is -0.310 e. The molecular formula is C58H41N. The highest BCUT2D eigenvalue weighted by atomic mass is 15.1. The Hall–Kier alpha value is -7.22. The first kappa shape index (κ1) is 33.9. The van der Waals surface area contributed by atoms with Crippen molar-refractivity contribution in [1.29, 1.82) is 0 Å². The van der Waals surface area contributed by atoms with E-state index in [1.165, 1.54) is 89.0 Å². The minimum atomic E-state index is -0.385. The predicted molar refractivity (Wildman–Crippen MR) is 246 cm³/mol. The van der Waals surface area contributed by atoms with Crippen molar-refractivity contribution in [3.05, 3.63) is 246 Å². The van der Waals surface area contributed by atoms with Crippen LogP contribution in [0.1, 0.15) is 47.2 Å². The Morgan fingerprint density at radius 3 is 1.36 bits per heavy atom. The highest BCUT2D eigenvalue weighted by Gasteiger charge is 2.51. The molecule has 278 valence electrons. The summed E-state index contributed by atoms with van der Waals surface area (Å²) in [4.78, 5) is 2.50. The molecule has 0 amide bonds. The van der Waals surface area contributed by atoms with E-state index in [2.05, 4.69) is 231 Å². The first-order valence-corrected chi connectivity index (χ1v) is 20.8. The number of hydrogen-bond donors (Lipinski definition) is 0. The third-order valence-electron chi connectivity index (χ3n) is 13.5. The van der Waals surface area contributed by atoms with E-state index in [0.29, 0.717) is 0 Å². The maximum atomic E-state index is 2.50. The quantitative estimate of drug-likeness (QED) is 0.169. The molecule has 9 aromatic rings. The standard InChI is InChI=1S/C58H41N/c1-57(2)50-23-11-6-19-44(50)48-34-32-42(37-55(48)57)59(56-27-15-10-18-43(56)40-30-28-39(29-31-40)38-16-4-3-5-17-38)41-33-35-54-49(36-41)47-22-9-14-26-53(47)58(54)51-24-12-7-20-45(51)46-21-8-13-25-52(46)58/h3-37H,1-2H3. The number of fused-ring (bicyclic) bond motifs is 13. The molecule has 3 aliphatic carbocycles. The fourth-order valence-electron chi connectivity index (χ4n) is 10.9. The smallest absolute Gasteiger partial charge is 0.0725 e. The van der Waals surface area contributed by atoms with Gasteiger partial charge in [0.1, 0.15) is 0 Å². The summed E-state index contributed by atoms with van der Waals surface area (Å²) in [6.07, 6.45) is 0. The maximum absolute atomic E-state index is 2.50. The van der Waals surface area contributed by atoms with Crippen LogP contribution in [0.25, 0.3) is 55.6 Å². The van der Waals surface area contributed by atoms with Gasteiger partial charge in [-0.3, -0.25) is 0 Å². The first-order chi connectivity index (χ1) is 29.0. The van der Waals surface area contributed by atoms with Crippen LogP contribution >= 0.6 is 0 Å². The monoisotopic (exact) mass is 751 g/mol. The number of hydrogen-bond acceptors (Lipinski definition) is 1. The van der Waals surface area contributed by atoms with Gasteiger partial charge in [-0.25, -0.2) is 0 Å². The highest BCUT2D eigenvalue weighted by Crippen LogP contribution is 2.63. The molecule has 0 unspecified atom stereocenters. The van der Waals surface area contributed by atoms with Gasteiger partial charge in [-0.2, -0.15) is 0 Å². The third kappa shape index (κ3) is 4.73. The predicted octanol–water partition coefficient (Wildman–Crippen LogP) is 15.1. The highest BCUT2D eigenvalue weighted by molar-refractivity contribution is 5.98. The van der Waals surface area contributed by atoms with Crippen LogP contribution < -0.4 is 4.90 Å². The van der Waals surface area contributed by atoms with Gasteiger partial charge < -0.3 is 4.90 Å². The van der Waals surface area contributed by atoms with Gasteiger partial charge in [-0.05, 0) is 114 Å². The first-order valence-electron chi connectivity index (χ1n) is 20.8. The molecule has 0 radical (unpaired) electrons. The molecule has 0 atom stereocenters. The molecule has 0 heterocycles. The number of rotatable bonds is 5. The summed E-state index contributed by atoms with van der Waals surface area (Å²) in [5, 5.41) is 0. The molecule has 1 heteroatoms. The summed E-state index contributed by atoms with van der Waals surface area (Å²) in [6, 6.07) is 79.2. The summed E-state index contributed by atoms with van der Waals surface area (Å²) in [7, 11) is 0. The van der Waals surface area contributed by atoms with Crippen molar-refractivity contribution in [3.63, 3.8) is 0 Å². The Balaban J connectivity index is 1.08. The largest absolute Gasteiger partial charge is 0.310 e. The molecule has 9 aromatic carbocycles. The molecular weight excluding hydrogens is 711 g/mol. The topological polar surface area (TPSA) is 3.24 Å². The molecule has 0 N–H and O–H groups in total. The van der Waals surface area contributed by atoms with E-state index >= 15 is 0 Å². The van der Waals surface area contributed by atoms with Crippen LogP contribution in [0.3, 0.4) is 0 Å². The number of para-hydroxylation sites is 1. The Morgan fingerprint density at radius 2 is 0.712 bits per heavy atom. The van der Waals surface area contributed by atoms with Crippen LogP contribution in [-0.2, 0) is 10.8 Å². The van der Waals surface area contributed by atoms with Crippen LogP contribution in [0.5, 0.6) is 0 Å². The lowest BCUT2D eigenvalue weighted by Gasteiger charge is -2.32. The normalized spacial score (nSPS) is 14.2. The molecule has 0 bridgehead atoms. The molecule has 1 nitrogen and oxygen atoms in total. The molecule has 0 fully saturated rings. The zero-order valence-corrected chi connectivity index (χ0v) is 33.2. The van der Waals surface area contributed by atoms with E-state index in [4.69, 9.17) is 0 Å². The van der Waals surface area contributed by atoms with E-state index in [1.807, 2.05) is 0 Å². The fraction of sp³-hybridized carbons (Fsp3) is 0.0690. The number of anilines is 3. The number of benzene rings is 9. The van der Waals surface area contributed by atoms with E-state index < -0.39 is 0 Å². The Kier molecular flexibility index (Phi) is 7.26. The second-order valence-electron chi connectivity index (χ2n) is 16.8. The molecule has 59 heavy (non-hydrogen) atoms. The van der Waals surface area contributed by atoms with Gasteiger partial charge in [-0.15, -0.1) is 0 Å². The summed E-state index contributed by atoms with van der Waals surface area (Å²) in [5.41, 5.74) is 23.8. The van der Waals surface area contributed by atoms with Gasteiger partial charge in [0, 0.05) is 22.4 Å². The summed E-state index contributed by atoms with van der Waals surface area (Å²) >= 11 is 0. The lowest BCUT2D eigenvalue weighted by molar-refractivity contribution is 0.660. The van der Waals surface area contributed by atoms with Gasteiger partial charge in [0.15, 0.2) is 0 Å². The fourth-order valence-corrected chi connectivity index (χ4v) is 10.9. The van der Waals surface area contributed by atoms with Crippen LogP contribution in [0, 0.1) is 0 Å². The van der Waals surface area contributed by atoms with E-state index in [0.717, 1.165) is 17.1 Å². The summed E-state index contributed by atoms with van der Waals surface area (Å²) in [5.74, 6) is 0. The molecule has 0 saturated heterocycles. The second kappa shape index (κ2) is 12.6. The van der Waals surface area contributed by atoms with E-state index in [1.54, 1.807) is 0 Å². The number of nitrogens with zero attached hydrogens (tertiary/aromatic N) is 1. The molecule has 12 rings (SSSR count). The zero-order valence-electron chi connectivity index (χ0n) is 33.2. The van der Waals surface area contributed by atoms with Crippen molar-refractivity contribution in [3.8, 4) is 55.6 Å². The van der Waals surface area contributed by atoms with Crippen molar-refractivity contribution in [2.45, 2.75) is 24.7 Å². The Labute approximate surface area is 346 Å². The molecule has 0 aromatic heterocycles. The van der Waals surface area contributed by atoms with Gasteiger partial charge >= 0.3 is 0 Å². The van der Waals surface area contributed by atoms with Gasteiger partial charge in [0.25, 0.3) is 0 Å². The maximum Gasteiger partial charge on any atom is 0.0725 e. The van der Waals surface area contributed by atoms with Crippen LogP contribution in [0.2, 0.25) is 0 Å². The molecule has 0 aliphatic heterocycles. The molecule has 1 spiro atoms. The van der Waals surface area contributed by atoms with Gasteiger partial charge in [0.2, 0.25) is 0 Å². The molecule has 3 aliphatic rings. The lowest BCUT2D eigenvalue weighted by atomic mass is 9.70. The van der Waals surface area contributed by atoms with Gasteiger partial charge in [0.05, 0.1) is 11.1 Å². The van der Waals surface area contributed by atoms with E-state index in [-0.39, 0.29) is 10.8 Å². The molecule has 0 saturated carbocycles.